The second kappa shape index (κ2) is 16.5. The molecule has 5 fully saturated rings. The van der Waals surface area contributed by atoms with Crippen molar-refractivity contribution in [3.05, 3.63) is 168 Å². The third kappa shape index (κ3) is 7.49. The van der Waals surface area contributed by atoms with E-state index in [-0.39, 0.29) is 20.1 Å². The normalized spacial score (nSPS) is 22.6. The second-order valence-corrected chi connectivity index (χ2v) is 20.6. The average Bonchev–Trinajstić information content (AvgIpc) is 3.26. The van der Waals surface area contributed by atoms with Crippen LogP contribution >= 0.6 is 7.14 Å². The van der Waals surface area contributed by atoms with Gasteiger partial charge < -0.3 is 4.57 Å². The van der Waals surface area contributed by atoms with Crippen LogP contribution in [-0.4, -0.2) is 4.98 Å². The van der Waals surface area contributed by atoms with Gasteiger partial charge in [-0.3, -0.25) is 4.98 Å². The SMILES string of the molecule is Cc1[c-]c(-c2ccc3c(C45CC6CC(CC(C6)C4)C5)cccc3n2)cc(C2CCCCC2)c1.O=P(c1[c-]cc2ccccc2c1)(c1ccccc1)c1ccccc1.[Ir]. The summed E-state index contributed by atoms with van der Waals surface area (Å²) < 4.78 is 14.2. The number of nitrogens with zero attached hydrogens (tertiary/aromatic N) is 1. The summed E-state index contributed by atoms with van der Waals surface area (Å²) in [4.78, 5) is 5.23. The predicted molar refractivity (Wildman–Crippen MR) is 239 cm³/mol. The molecule has 0 saturated heterocycles. The molecule has 0 N–H and O–H groups in total. The average molecular weight is 954 g/mol. The Labute approximate surface area is 358 Å². The van der Waals surface area contributed by atoms with Crippen LogP contribution in [0.2, 0.25) is 0 Å². The zero-order valence-electron chi connectivity index (χ0n) is 33.5. The van der Waals surface area contributed by atoms with Crippen molar-refractivity contribution in [3.63, 3.8) is 0 Å². The summed E-state index contributed by atoms with van der Waals surface area (Å²) >= 11 is 0. The van der Waals surface area contributed by atoms with Crippen LogP contribution in [0.5, 0.6) is 0 Å². The number of hydrogen-bond acceptors (Lipinski definition) is 2. The van der Waals surface area contributed by atoms with E-state index < -0.39 is 7.14 Å². The molecule has 0 unspecified atom stereocenters. The fraction of sp³-hybridized carbons (Fsp3) is 0.315. The molecular weight excluding hydrogens is 902 g/mol. The topological polar surface area (TPSA) is 30.0 Å². The number of aromatic nitrogens is 1. The summed E-state index contributed by atoms with van der Waals surface area (Å²) in [5, 5.41) is 6.01. The molecule has 0 amide bonds. The Kier molecular flexibility index (Phi) is 11.2. The second-order valence-electron chi connectivity index (χ2n) is 17.8. The molecule has 4 heteroatoms. The van der Waals surface area contributed by atoms with Gasteiger partial charge in [-0.25, -0.2) is 0 Å². The molecule has 58 heavy (non-hydrogen) atoms. The number of benzene rings is 6. The minimum absolute atomic E-state index is 0. The molecule has 295 valence electrons. The Morgan fingerprint density at radius 1 is 0.655 bits per heavy atom. The van der Waals surface area contributed by atoms with Crippen LogP contribution in [0.4, 0.5) is 0 Å². The zero-order chi connectivity index (χ0) is 38.4. The standard InChI is InChI=1S/C32H36N.C22H16OP.Ir/c1-21-12-26(25-6-3-2-4-7-25)17-27(13-21)30-11-10-28-29(8-5-9-31(28)33-30)32-18-22-14-23(19-32)16-24(15-22)20-32;23-24(20-11-3-1-4-12-20,21-13-5-2-6-14-21)22-16-15-18-9-7-8-10-19(18)17-22;/h5,8-12,17,22-25H,2-4,6-7,14-16,18-20H2,1H3;1-15,17H;/q2*-1;. The van der Waals surface area contributed by atoms with Crippen molar-refractivity contribution in [2.75, 3.05) is 0 Å². The van der Waals surface area contributed by atoms with Crippen molar-refractivity contribution in [1.82, 2.24) is 4.98 Å². The van der Waals surface area contributed by atoms with Crippen molar-refractivity contribution in [1.29, 1.82) is 0 Å². The summed E-state index contributed by atoms with van der Waals surface area (Å²) in [5.74, 6) is 3.63. The first-order valence-corrected chi connectivity index (χ1v) is 23.2. The molecule has 1 radical (unpaired) electrons. The molecule has 0 aliphatic heterocycles. The van der Waals surface area contributed by atoms with Crippen LogP contribution in [0.25, 0.3) is 32.9 Å². The first-order valence-electron chi connectivity index (χ1n) is 21.5. The summed E-state index contributed by atoms with van der Waals surface area (Å²) in [6, 6.07) is 54.7. The molecule has 2 nitrogen and oxygen atoms in total. The maximum atomic E-state index is 14.2. The van der Waals surface area contributed by atoms with E-state index >= 15 is 0 Å². The Balaban J connectivity index is 0.000000155. The van der Waals surface area contributed by atoms with Gasteiger partial charge in [-0.05, 0) is 97.8 Å². The molecule has 5 saturated carbocycles. The molecule has 4 bridgehead atoms. The number of pyridine rings is 1. The van der Waals surface area contributed by atoms with Crippen molar-refractivity contribution >= 4 is 44.7 Å². The third-order valence-corrected chi connectivity index (χ3v) is 17.0. The maximum absolute atomic E-state index is 14.2. The molecule has 1 heterocycles. The largest absolute Gasteiger partial charge is 0.311 e. The van der Waals surface area contributed by atoms with E-state index in [1.807, 2.05) is 97.1 Å². The van der Waals surface area contributed by atoms with E-state index in [2.05, 4.69) is 61.5 Å². The van der Waals surface area contributed by atoms with E-state index in [1.165, 1.54) is 98.2 Å². The quantitative estimate of drug-likeness (QED) is 0.123. The van der Waals surface area contributed by atoms with Crippen molar-refractivity contribution < 1.29 is 24.7 Å². The van der Waals surface area contributed by atoms with E-state index in [4.69, 9.17) is 4.98 Å². The molecule has 1 aromatic heterocycles. The Morgan fingerprint density at radius 2 is 1.28 bits per heavy atom. The Morgan fingerprint density at radius 3 is 1.93 bits per heavy atom. The fourth-order valence-electron chi connectivity index (χ4n) is 11.8. The predicted octanol–water partition coefficient (Wildman–Crippen LogP) is 12.8. The van der Waals surface area contributed by atoms with Crippen molar-refractivity contribution in [2.24, 2.45) is 17.8 Å². The summed E-state index contributed by atoms with van der Waals surface area (Å²) in [6.45, 7) is 2.20. The van der Waals surface area contributed by atoms with Gasteiger partial charge in [0.15, 0.2) is 0 Å². The van der Waals surface area contributed by atoms with Crippen LogP contribution < -0.4 is 15.9 Å². The number of rotatable bonds is 6. The van der Waals surface area contributed by atoms with E-state index in [0.717, 1.165) is 50.1 Å². The van der Waals surface area contributed by atoms with Crippen LogP contribution in [0.1, 0.15) is 93.2 Å². The van der Waals surface area contributed by atoms with Gasteiger partial charge in [-0.15, -0.1) is 51.7 Å². The van der Waals surface area contributed by atoms with Gasteiger partial charge in [0.05, 0.1) is 5.52 Å². The first kappa shape index (κ1) is 39.3. The molecule has 6 aromatic carbocycles. The Bertz CT molecular complexity index is 2520. The van der Waals surface area contributed by atoms with Gasteiger partial charge in [0.2, 0.25) is 0 Å². The number of fused-ring (bicyclic) bond motifs is 2. The number of aryl methyl sites for hydroxylation is 1. The van der Waals surface area contributed by atoms with E-state index in [0.29, 0.717) is 11.3 Å². The van der Waals surface area contributed by atoms with Gasteiger partial charge in [0.25, 0.3) is 0 Å². The van der Waals surface area contributed by atoms with Crippen LogP contribution in [-0.2, 0) is 30.1 Å². The fourth-order valence-corrected chi connectivity index (χ4v) is 14.4. The maximum Gasteiger partial charge on any atom is 0.147 e. The molecule has 7 aromatic rings. The van der Waals surface area contributed by atoms with E-state index in [9.17, 15) is 4.57 Å². The van der Waals surface area contributed by atoms with Crippen LogP contribution in [0.15, 0.2) is 140 Å². The van der Waals surface area contributed by atoms with Crippen LogP contribution in [0, 0.1) is 36.8 Å². The van der Waals surface area contributed by atoms with Crippen LogP contribution in [0.3, 0.4) is 0 Å². The molecule has 0 atom stereocenters. The van der Waals surface area contributed by atoms with Gasteiger partial charge in [0, 0.05) is 36.1 Å². The summed E-state index contributed by atoms with van der Waals surface area (Å²) in [5.41, 5.74) is 8.22. The van der Waals surface area contributed by atoms with Gasteiger partial charge in [-0.1, -0.05) is 135 Å². The molecular formula is C54H52IrNOP-2. The van der Waals surface area contributed by atoms with Gasteiger partial charge in [0.1, 0.15) is 7.14 Å². The summed E-state index contributed by atoms with van der Waals surface area (Å²) in [7, 11) is -2.94. The molecule has 0 spiro atoms. The van der Waals surface area contributed by atoms with Gasteiger partial charge in [-0.2, -0.15) is 18.2 Å². The first-order chi connectivity index (χ1) is 27.9. The minimum Gasteiger partial charge on any atom is -0.311 e. The van der Waals surface area contributed by atoms with Gasteiger partial charge >= 0.3 is 0 Å². The van der Waals surface area contributed by atoms with Crippen molar-refractivity contribution in [3.8, 4) is 11.3 Å². The number of hydrogen-bond donors (Lipinski definition) is 0. The molecule has 5 aliphatic rings. The van der Waals surface area contributed by atoms with E-state index in [1.54, 1.807) is 5.56 Å². The third-order valence-electron chi connectivity index (χ3n) is 14.0. The molecule has 12 rings (SSSR count). The Hall–Kier alpha value is -4.13. The summed E-state index contributed by atoms with van der Waals surface area (Å²) in [6.07, 6.45) is 15.6. The van der Waals surface area contributed by atoms with Crippen molar-refractivity contribution in [2.45, 2.75) is 88.9 Å². The molecule has 5 aliphatic carbocycles. The monoisotopic (exact) mass is 954 g/mol. The zero-order valence-corrected chi connectivity index (χ0v) is 36.8. The minimum atomic E-state index is -2.94. The smallest absolute Gasteiger partial charge is 0.147 e.